The monoisotopic (exact) mass is 240 g/mol. The molecule has 3 heteroatoms. The van der Waals surface area contributed by atoms with Gasteiger partial charge in [0.2, 0.25) is 0 Å². The van der Waals surface area contributed by atoms with Gasteiger partial charge in [-0.05, 0) is 49.9 Å². The molecule has 0 aliphatic heterocycles. The largest absolute Gasteiger partial charge is 0.495 e. The standard InChI is InChI=1S/C13H17ClO2/c1-7(15)6-11-8(2)9(3)13(16-5)12(14)10(11)4/h6H2,1-5H3. The fourth-order valence-electron chi connectivity index (χ4n) is 1.90. The van der Waals surface area contributed by atoms with Crippen LogP contribution >= 0.6 is 11.6 Å². The third-order valence-electron chi connectivity index (χ3n) is 2.97. The molecule has 0 saturated carbocycles. The summed E-state index contributed by atoms with van der Waals surface area (Å²) in [5, 5.41) is 0.613. The van der Waals surface area contributed by atoms with Gasteiger partial charge in [-0.15, -0.1) is 0 Å². The summed E-state index contributed by atoms with van der Waals surface area (Å²) >= 11 is 6.22. The number of carbonyl (C=O) groups excluding carboxylic acids is 1. The van der Waals surface area contributed by atoms with Gasteiger partial charge in [0.05, 0.1) is 12.1 Å². The molecular weight excluding hydrogens is 224 g/mol. The second-order valence-corrected chi connectivity index (χ2v) is 4.46. The summed E-state index contributed by atoms with van der Waals surface area (Å²) in [6.07, 6.45) is 0.433. The second kappa shape index (κ2) is 4.88. The first-order valence-corrected chi connectivity index (χ1v) is 5.59. The molecular formula is C13H17ClO2. The zero-order valence-electron chi connectivity index (χ0n) is 10.4. The van der Waals surface area contributed by atoms with Crippen LogP contribution in [0.25, 0.3) is 0 Å². The predicted molar refractivity (Wildman–Crippen MR) is 66.6 cm³/mol. The molecule has 0 radical (unpaired) electrons. The van der Waals surface area contributed by atoms with Crippen molar-refractivity contribution in [1.29, 1.82) is 0 Å². The number of Topliss-reactive ketones (excluding diaryl/α,β-unsaturated/α-hetero) is 1. The van der Waals surface area contributed by atoms with Crippen LogP contribution in [-0.2, 0) is 11.2 Å². The van der Waals surface area contributed by atoms with Crippen LogP contribution < -0.4 is 4.74 Å². The van der Waals surface area contributed by atoms with Crippen molar-refractivity contribution in [3.63, 3.8) is 0 Å². The van der Waals surface area contributed by atoms with Gasteiger partial charge in [-0.25, -0.2) is 0 Å². The average molecular weight is 241 g/mol. The normalized spacial score (nSPS) is 10.4. The summed E-state index contributed by atoms with van der Waals surface area (Å²) in [6, 6.07) is 0. The van der Waals surface area contributed by atoms with E-state index < -0.39 is 0 Å². The summed E-state index contributed by atoms with van der Waals surface area (Å²) < 4.78 is 5.28. The number of ketones is 1. The van der Waals surface area contributed by atoms with E-state index in [0.717, 1.165) is 22.3 Å². The van der Waals surface area contributed by atoms with E-state index in [-0.39, 0.29) is 5.78 Å². The van der Waals surface area contributed by atoms with E-state index >= 15 is 0 Å². The number of benzene rings is 1. The zero-order chi connectivity index (χ0) is 12.5. The molecule has 0 aliphatic rings. The Morgan fingerprint density at radius 2 is 1.75 bits per heavy atom. The van der Waals surface area contributed by atoms with Crippen molar-refractivity contribution >= 4 is 17.4 Å². The Morgan fingerprint density at radius 1 is 1.19 bits per heavy atom. The van der Waals surface area contributed by atoms with Crippen LogP contribution in [0.3, 0.4) is 0 Å². The quantitative estimate of drug-likeness (QED) is 0.810. The first kappa shape index (κ1) is 13.0. The lowest BCUT2D eigenvalue weighted by Crippen LogP contribution is -2.05. The molecule has 1 aromatic carbocycles. The number of halogens is 1. The average Bonchev–Trinajstić information content (AvgIpc) is 2.22. The molecule has 0 N–H and O–H groups in total. The molecule has 1 aromatic rings. The van der Waals surface area contributed by atoms with Gasteiger partial charge in [-0.3, -0.25) is 4.79 Å². The zero-order valence-corrected chi connectivity index (χ0v) is 11.2. The van der Waals surface area contributed by atoms with E-state index in [1.54, 1.807) is 14.0 Å². The minimum Gasteiger partial charge on any atom is -0.495 e. The molecule has 88 valence electrons. The highest BCUT2D eigenvalue weighted by Gasteiger charge is 2.17. The lowest BCUT2D eigenvalue weighted by Gasteiger charge is -2.17. The fraction of sp³-hybridized carbons (Fsp3) is 0.462. The van der Waals surface area contributed by atoms with Crippen molar-refractivity contribution in [3.05, 3.63) is 27.3 Å². The molecule has 0 saturated heterocycles. The third kappa shape index (κ3) is 2.22. The second-order valence-electron chi connectivity index (χ2n) is 4.08. The SMILES string of the molecule is COc1c(C)c(C)c(CC(C)=O)c(C)c1Cl. The van der Waals surface area contributed by atoms with Crippen LogP contribution in [0, 0.1) is 20.8 Å². The molecule has 0 unspecified atom stereocenters. The molecule has 0 fully saturated rings. The molecule has 0 heterocycles. The predicted octanol–water partition coefficient (Wildman–Crippen LogP) is 3.41. The maximum absolute atomic E-state index is 11.2. The Kier molecular flexibility index (Phi) is 3.98. The highest BCUT2D eigenvalue weighted by molar-refractivity contribution is 6.33. The number of hydrogen-bond acceptors (Lipinski definition) is 2. The molecule has 0 aliphatic carbocycles. The molecule has 0 bridgehead atoms. The third-order valence-corrected chi connectivity index (χ3v) is 3.42. The Hall–Kier alpha value is -1.02. The molecule has 0 atom stereocenters. The number of ether oxygens (including phenoxy) is 1. The Morgan fingerprint density at radius 3 is 2.19 bits per heavy atom. The van der Waals surface area contributed by atoms with Crippen molar-refractivity contribution in [2.75, 3.05) is 7.11 Å². The maximum atomic E-state index is 11.2. The van der Waals surface area contributed by atoms with Crippen molar-refractivity contribution in [2.45, 2.75) is 34.1 Å². The molecule has 0 spiro atoms. The Labute approximate surface area is 102 Å². The first-order valence-electron chi connectivity index (χ1n) is 5.21. The van der Waals surface area contributed by atoms with Gasteiger partial charge in [-0.1, -0.05) is 11.6 Å². The van der Waals surface area contributed by atoms with E-state index in [4.69, 9.17) is 16.3 Å². The summed E-state index contributed by atoms with van der Waals surface area (Å²) in [7, 11) is 1.61. The lowest BCUT2D eigenvalue weighted by molar-refractivity contribution is -0.116. The van der Waals surface area contributed by atoms with Crippen molar-refractivity contribution < 1.29 is 9.53 Å². The highest BCUT2D eigenvalue weighted by atomic mass is 35.5. The number of carbonyl (C=O) groups is 1. The van der Waals surface area contributed by atoms with Crippen molar-refractivity contribution in [3.8, 4) is 5.75 Å². The molecule has 0 amide bonds. The summed E-state index contributed by atoms with van der Waals surface area (Å²) in [5.74, 6) is 0.857. The van der Waals surface area contributed by atoms with Gasteiger partial charge in [0, 0.05) is 6.42 Å². The van der Waals surface area contributed by atoms with E-state index in [2.05, 4.69) is 0 Å². The Balaban J connectivity index is 3.47. The van der Waals surface area contributed by atoms with Gasteiger partial charge < -0.3 is 4.74 Å². The van der Waals surface area contributed by atoms with Crippen LogP contribution in [0.4, 0.5) is 0 Å². The van der Waals surface area contributed by atoms with E-state index in [1.165, 1.54) is 0 Å². The molecule has 0 aromatic heterocycles. The Bertz CT molecular complexity index is 407. The maximum Gasteiger partial charge on any atom is 0.140 e. The van der Waals surface area contributed by atoms with E-state index in [9.17, 15) is 4.79 Å². The first-order chi connectivity index (χ1) is 7.40. The number of rotatable bonds is 3. The van der Waals surface area contributed by atoms with Crippen LogP contribution in [0.15, 0.2) is 0 Å². The van der Waals surface area contributed by atoms with Crippen LogP contribution in [0.1, 0.15) is 29.2 Å². The lowest BCUT2D eigenvalue weighted by atomic mass is 9.94. The minimum atomic E-state index is 0.145. The van der Waals surface area contributed by atoms with Crippen molar-refractivity contribution in [2.24, 2.45) is 0 Å². The van der Waals surface area contributed by atoms with Gasteiger partial charge in [0.15, 0.2) is 0 Å². The fourth-order valence-corrected chi connectivity index (χ4v) is 2.24. The summed E-state index contributed by atoms with van der Waals surface area (Å²) in [5.41, 5.74) is 4.07. The number of hydrogen-bond donors (Lipinski definition) is 0. The van der Waals surface area contributed by atoms with Crippen molar-refractivity contribution in [1.82, 2.24) is 0 Å². The van der Waals surface area contributed by atoms with Crippen LogP contribution in [-0.4, -0.2) is 12.9 Å². The van der Waals surface area contributed by atoms with E-state index in [0.29, 0.717) is 17.2 Å². The topological polar surface area (TPSA) is 26.3 Å². The van der Waals surface area contributed by atoms with Gasteiger partial charge in [0.25, 0.3) is 0 Å². The highest BCUT2D eigenvalue weighted by Crippen LogP contribution is 2.36. The molecule has 1 rings (SSSR count). The molecule has 16 heavy (non-hydrogen) atoms. The van der Waals surface area contributed by atoms with Crippen LogP contribution in [0.5, 0.6) is 5.75 Å². The smallest absolute Gasteiger partial charge is 0.140 e. The van der Waals surface area contributed by atoms with Gasteiger partial charge in [-0.2, -0.15) is 0 Å². The number of methoxy groups -OCH3 is 1. The van der Waals surface area contributed by atoms with Gasteiger partial charge >= 0.3 is 0 Å². The van der Waals surface area contributed by atoms with Crippen LogP contribution in [0.2, 0.25) is 5.02 Å². The van der Waals surface area contributed by atoms with Gasteiger partial charge in [0.1, 0.15) is 11.5 Å². The molecule has 2 nitrogen and oxygen atoms in total. The van der Waals surface area contributed by atoms with E-state index in [1.807, 2.05) is 20.8 Å². The summed E-state index contributed by atoms with van der Waals surface area (Å²) in [6.45, 7) is 7.48. The summed E-state index contributed by atoms with van der Waals surface area (Å²) in [4.78, 5) is 11.2. The minimum absolute atomic E-state index is 0.145.